The van der Waals surface area contributed by atoms with Gasteiger partial charge in [0.15, 0.2) is 0 Å². The minimum Gasteiger partial charge on any atom is -0.520 e. The summed E-state index contributed by atoms with van der Waals surface area (Å²) in [6, 6.07) is 7.20. The van der Waals surface area contributed by atoms with Gasteiger partial charge in [-0.3, -0.25) is 9.59 Å². The zero-order valence-corrected chi connectivity index (χ0v) is 16.9. The lowest BCUT2D eigenvalue weighted by molar-refractivity contribution is -0.135. The van der Waals surface area contributed by atoms with Gasteiger partial charge in [-0.25, -0.2) is 0 Å². The molecule has 0 heterocycles. The number of methoxy groups -OCH3 is 1. The van der Waals surface area contributed by atoms with Gasteiger partial charge in [-0.15, -0.1) is 0 Å². The van der Waals surface area contributed by atoms with Gasteiger partial charge in [0.2, 0.25) is 8.32 Å². The monoisotopic (exact) mass is 365 g/mol. The Morgan fingerprint density at radius 2 is 1.64 bits per heavy atom. The van der Waals surface area contributed by atoms with E-state index in [0.29, 0.717) is 24.3 Å². The lowest BCUT2D eigenvalue weighted by Gasteiger charge is -2.17. The van der Waals surface area contributed by atoms with Crippen LogP contribution in [0.2, 0.25) is 19.6 Å². The number of carbonyl (C=O) groups excluding carboxylic acids is 2. The van der Waals surface area contributed by atoms with Crippen molar-refractivity contribution in [2.45, 2.75) is 58.2 Å². The Bertz CT molecular complexity index is 555. The Morgan fingerprint density at radius 3 is 2.32 bits per heavy atom. The molecule has 0 aliphatic rings. The van der Waals surface area contributed by atoms with Gasteiger partial charge in [-0.05, 0) is 44.6 Å². The van der Waals surface area contributed by atoms with Crippen LogP contribution in [0.4, 0.5) is 0 Å². The van der Waals surface area contributed by atoms with Crippen molar-refractivity contribution in [1.29, 1.82) is 0 Å². The van der Waals surface area contributed by atoms with Crippen LogP contribution in [-0.4, -0.2) is 33.8 Å². The number of nitrogens with one attached hydrogen (secondary N) is 1. The number of benzene rings is 1. The molecule has 0 aromatic heterocycles. The van der Waals surface area contributed by atoms with Gasteiger partial charge in [0, 0.05) is 13.0 Å². The Balaban J connectivity index is 2.09. The van der Waals surface area contributed by atoms with E-state index in [1.807, 2.05) is 31.8 Å². The molecule has 1 aromatic rings. The van der Waals surface area contributed by atoms with Crippen molar-refractivity contribution in [3.05, 3.63) is 29.8 Å². The fraction of sp³-hybridized carbons (Fsp3) is 0.579. The Labute approximate surface area is 152 Å². The van der Waals surface area contributed by atoms with Crippen molar-refractivity contribution < 1.29 is 18.8 Å². The maximum atomic E-state index is 12.1. The number of rotatable bonds is 11. The first-order chi connectivity index (χ1) is 11.8. The van der Waals surface area contributed by atoms with E-state index in [1.165, 1.54) is 0 Å². The molecule has 0 spiro atoms. The predicted octanol–water partition coefficient (Wildman–Crippen LogP) is 4.14. The highest BCUT2D eigenvalue weighted by atomic mass is 28.4. The largest absolute Gasteiger partial charge is 0.520 e. The zero-order chi connectivity index (χ0) is 18.7. The fourth-order valence-corrected chi connectivity index (χ4v) is 3.23. The second-order valence-electron chi connectivity index (χ2n) is 7.06. The van der Waals surface area contributed by atoms with E-state index >= 15 is 0 Å². The molecule has 0 aliphatic heterocycles. The van der Waals surface area contributed by atoms with E-state index in [1.54, 1.807) is 19.2 Å². The third-order valence-electron chi connectivity index (χ3n) is 3.61. The average molecular weight is 366 g/mol. The molecule has 1 aromatic carbocycles. The van der Waals surface area contributed by atoms with Crippen molar-refractivity contribution in [1.82, 2.24) is 5.32 Å². The zero-order valence-electron chi connectivity index (χ0n) is 15.9. The Kier molecular flexibility index (Phi) is 9.27. The summed E-state index contributed by atoms with van der Waals surface area (Å²) in [6.07, 6.45) is 5.42. The van der Waals surface area contributed by atoms with Crippen LogP contribution in [0.1, 0.15) is 48.9 Å². The molecule has 1 rings (SSSR count). The summed E-state index contributed by atoms with van der Waals surface area (Å²) in [4.78, 5) is 23.7. The summed E-state index contributed by atoms with van der Waals surface area (Å²) in [5, 5.41) is 2.92. The molecule has 140 valence electrons. The number of ether oxygens (including phenoxy) is 1. The van der Waals surface area contributed by atoms with Crippen molar-refractivity contribution >= 4 is 20.2 Å². The molecule has 25 heavy (non-hydrogen) atoms. The molecule has 0 bridgehead atoms. The molecular weight excluding hydrogens is 334 g/mol. The number of hydrogen-bond donors (Lipinski definition) is 1. The molecule has 0 fully saturated rings. The molecule has 1 N–H and O–H groups in total. The summed E-state index contributed by atoms with van der Waals surface area (Å²) < 4.78 is 10.6. The maximum Gasteiger partial charge on any atom is 0.292 e. The van der Waals surface area contributed by atoms with E-state index in [9.17, 15) is 9.59 Å². The first kappa shape index (κ1) is 21.2. The van der Waals surface area contributed by atoms with Crippen molar-refractivity contribution in [2.75, 3.05) is 13.7 Å². The number of unbranched alkanes of at least 4 members (excludes halogenated alkanes) is 4. The third kappa shape index (κ3) is 9.29. The highest BCUT2D eigenvalue weighted by molar-refractivity contribution is 6.71. The number of hydrogen-bond acceptors (Lipinski definition) is 4. The first-order valence-electron chi connectivity index (χ1n) is 8.96. The fourth-order valence-electron chi connectivity index (χ4n) is 2.45. The third-order valence-corrected chi connectivity index (χ3v) is 4.45. The van der Waals surface area contributed by atoms with Crippen LogP contribution >= 0.6 is 0 Å². The molecule has 0 saturated carbocycles. The van der Waals surface area contributed by atoms with Gasteiger partial charge in [-0.1, -0.05) is 31.4 Å². The number of amides is 1. The normalized spacial score (nSPS) is 11.0. The van der Waals surface area contributed by atoms with Crippen LogP contribution in [-0.2, 0) is 9.22 Å². The summed E-state index contributed by atoms with van der Waals surface area (Å²) in [5.74, 6) is 0.417. The minimum absolute atomic E-state index is 0.0664. The van der Waals surface area contributed by atoms with Crippen LogP contribution < -0.4 is 10.1 Å². The lowest BCUT2D eigenvalue weighted by Crippen LogP contribution is -2.28. The van der Waals surface area contributed by atoms with Crippen molar-refractivity contribution in [2.24, 2.45) is 0 Å². The highest BCUT2D eigenvalue weighted by Crippen LogP contribution is 2.16. The molecule has 0 aliphatic carbocycles. The molecule has 0 atom stereocenters. The SMILES string of the molecule is COc1ccccc1C(=O)NCCCCCCCC(=O)O[Si](C)(C)C. The molecule has 0 unspecified atom stereocenters. The standard InChI is InChI=1S/C19H31NO4Si/c1-23-17-13-10-9-12-16(17)19(22)20-15-11-7-5-6-8-14-18(21)24-25(2,3)4/h9-10,12-13H,5-8,11,14-15H2,1-4H3,(H,20,22). The Morgan fingerprint density at radius 1 is 1.00 bits per heavy atom. The average Bonchev–Trinajstić information content (AvgIpc) is 2.55. The summed E-state index contributed by atoms with van der Waals surface area (Å²) in [7, 11) is -0.190. The van der Waals surface area contributed by atoms with Crippen LogP contribution in [0.25, 0.3) is 0 Å². The van der Waals surface area contributed by atoms with Crippen molar-refractivity contribution in [3.63, 3.8) is 0 Å². The van der Waals surface area contributed by atoms with Crippen LogP contribution in [0, 0.1) is 0 Å². The van der Waals surface area contributed by atoms with Gasteiger partial charge >= 0.3 is 0 Å². The molecule has 0 radical (unpaired) electrons. The van der Waals surface area contributed by atoms with Gasteiger partial charge in [0.25, 0.3) is 11.9 Å². The van der Waals surface area contributed by atoms with E-state index in [-0.39, 0.29) is 11.9 Å². The number of carbonyl (C=O) groups is 2. The van der Waals surface area contributed by atoms with Gasteiger partial charge in [-0.2, -0.15) is 0 Å². The lowest BCUT2D eigenvalue weighted by atomic mass is 10.1. The van der Waals surface area contributed by atoms with E-state index in [0.717, 1.165) is 32.1 Å². The predicted molar refractivity (Wildman–Crippen MR) is 102 cm³/mol. The van der Waals surface area contributed by atoms with Gasteiger partial charge < -0.3 is 14.5 Å². The molecule has 0 saturated heterocycles. The number of para-hydroxylation sites is 1. The summed E-state index contributed by atoms with van der Waals surface area (Å²) >= 11 is 0. The van der Waals surface area contributed by atoms with E-state index < -0.39 is 8.32 Å². The molecular formula is C19H31NO4Si. The van der Waals surface area contributed by atoms with Gasteiger partial charge in [0.1, 0.15) is 5.75 Å². The first-order valence-corrected chi connectivity index (χ1v) is 12.4. The van der Waals surface area contributed by atoms with Crippen LogP contribution in [0.5, 0.6) is 5.75 Å². The van der Waals surface area contributed by atoms with Crippen LogP contribution in [0.15, 0.2) is 24.3 Å². The molecule has 6 heteroatoms. The molecule has 5 nitrogen and oxygen atoms in total. The summed E-state index contributed by atoms with van der Waals surface area (Å²) in [6.45, 7) is 6.70. The van der Waals surface area contributed by atoms with E-state index in [4.69, 9.17) is 9.16 Å². The van der Waals surface area contributed by atoms with Gasteiger partial charge in [0.05, 0.1) is 12.7 Å². The molecule has 1 amide bonds. The Hall–Kier alpha value is -1.82. The second kappa shape index (κ2) is 10.9. The summed E-state index contributed by atoms with van der Waals surface area (Å²) in [5.41, 5.74) is 0.561. The topological polar surface area (TPSA) is 64.6 Å². The minimum atomic E-state index is -1.75. The van der Waals surface area contributed by atoms with Crippen LogP contribution in [0.3, 0.4) is 0 Å². The quantitative estimate of drug-likeness (QED) is 0.473. The van der Waals surface area contributed by atoms with E-state index in [2.05, 4.69) is 5.32 Å². The smallest absolute Gasteiger partial charge is 0.292 e. The highest BCUT2D eigenvalue weighted by Gasteiger charge is 2.19. The van der Waals surface area contributed by atoms with Crippen molar-refractivity contribution in [3.8, 4) is 5.75 Å². The maximum absolute atomic E-state index is 12.1. The second-order valence-corrected chi connectivity index (χ2v) is 11.5.